The van der Waals surface area contributed by atoms with E-state index in [9.17, 15) is 19.1 Å². The Morgan fingerprint density at radius 2 is 1.88 bits per heavy atom. The van der Waals surface area contributed by atoms with E-state index in [-0.39, 0.29) is 24.7 Å². The van der Waals surface area contributed by atoms with Crippen LogP contribution in [0.5, 0.6) is 11.5 Å². The molecule has 0 saturated carbocycles. The number of ether oxygens (including phenoxy) is 2. The molecule has 2 aliphatic heterocycles. The predicted octanol–water partition coefficient (Wildman–Crippen LogP) is 3.26. The van der Waals surface area contributed by atoms with Crippen LogP contribution in [-0.2, 0) is 16.1 Å². The highest BCUT2D eigenvalue weighted by molar-refractivity contribution is 6.46. The first-order valence-corrected chi connectivity index (χ1v) is 10.4. The van der Waals surface area contributed by atoms with Gasteiger partial charge in [-0.1, -0.05) is 12.1 Å². The second-order valence-corrected chi connectivity index (χ2v) is 7.77. The maximum Gasteiger partial charge on any atom is 0.295 e. The van der Waals surface area contributed by atoms with Crippen LogP contribution in [0.4, 0.5) is 4.39 Å². The van der Waals surface area contributed by atoms with Gasteiger partial charge in [0.2, 0.25) is 6.79 Å². The second-order valence-electron chi connectivity index (χ2n) is 7.77. The topological polar surface area (TPSA) is 93.9 Å². The molecule has 1 N–H and O–H groups in total. The number of Topliss-reactive ketones (excluding diaryl/α,β-unsaturated/α-hetero) is 1. The van der Waals surface area contributed by atoms with Crippen molar-refractivity contribution in [2.45, 2.75) is 19.0 Å². The number of benzene rings is 2. The number of ketones is 1. The summed E-state index contributed by atoms with van der Waals surface area (Å²) in [5, 5.41) is 11.1. The van der Waals surface area contributed by atoms with Gasteiger partial charge in [0.15, 0.2) is 11.5 Å². The maximum absolute atomic E-state index is 13.6. The number of likely N-dealkylation sites (tertiary alicyclic amines) is 1. The van der Waals surface area contributed by atoms with Gasteiger partial charge in [-0.2, -0.15) is 0 Å². The van der Waals surface area contributed by atoms with Crippen LogP contribution in [0.3, 0.4) is 0 Å². The number of nitrogens with zero attached hydrogens (tertiary/aromatic N) is 3. The molecule has 0 radical (unpaired) electrons. The number of rotatable bonds is 6. The fourth-order valence-corrected chi connectivity index (χ4v) is 4.14. The highest BCUT2D eigenvalue weighted by Gasteiger charge is 2.45. The largest absolute Gasteiger partial charge is 0.507 e. The van der Waals surface area contributed by atoms with Gasteiger partial charge in [0, 0.05) is 31.0 Å². The minimum Gasteiger partial charge on any atom is -0.507 e. The third-order valence-electron chi connectivity index (χ3n) is 5.75. The summed E-state index contributed by atoms with van der Waals surface area (Å²) in [6, 6.07) is 9.50. The van der Waals surface area contributed by atoms with E-state index in [0.29, 0.717) is 35.6 Å². The van der Waals surface area contributed by atoms with Gasteiger partial charge < -0.3 is 24.0 Å². The number of halogens is 1. The van der Waals surface area contributed by atoms with Crippen molar-refractivity contribution in [3.05, 3.63) is 83.7 Å². The molecule has 8 nitrogen and oxygen atoms in total. The molecule has 0 aliphatic carbocycles. The summed E-state index contributed by atoms with van der Waals surface area (Å²) in [5.41, 5.74) is 0.802. The number of hydrogen-bond donors (Lipinski definition) is 1. The Hall–Kier alpha value is -4.14. The summed E-state index contributed by atoms with van der Waals surface area (Å²) < 4.78 is 26.1. The van der Waals surface area contributed by atoms with Gasteiger partial charge in [-0.25, -0.2) is 9.37 Å². The molecule has 1 fully saturated rings. The van der Waals surface area contributed by atoms with Crippen LogP contribution in [0.25, 0.3) is 5.76 Å². The Morgan fingerprint density at radius 1 is 1.09 bits per heavy atom. The number of aliphatic hydroxyl groups excluding tert-OH is 1. The molecule has 5 rings (SSSR count). The first-order valence-electron chi connectivity index (χ1n) is 10.4. The average molecular weight is 449 g/mol. The van der Waals surface area contributed by atoms with E-state index in [4.69, 9.17) is 9.47 Å². The Kier molecular flexibility index (Phi) is 5.29. The van der Waals surface area contributed by atoms with Crippen LogP contribution in [0.15, 0.2) is 66.8 Å². The van der Waals surface area contributed by atoms with Gasteiger partial charge in [-0.05, 0) is 42.3 Å². The molecule has 1 amide bonds. The number of amides is 1. The van der Waals surface area contributed by atoms with Crippen molar-refractivity contribution in [1.82, 2.24) is 14.5 Å². The second kappa shape index (κ2) is 8.42. The third kappa shape index (κ3) is 3.82. The summed E-state index contributed by atoms with van der Waals surface area (Å²) in [4.78, 5) is 31.4. The zero-order valence-corrected chi connectivity index (χ0v) is 17.5. The maximum atomic E-state index is 13.6. The number of aryl methyl sites for hydroxylation is 1. The normalized spacial score (nSPS) is 18.8. The molecule has 2 aliphatic rings. The van der Waals surface area contributed by atoms with E-state index in [1.807, 2.05) is 10.8 Å². The van der Waals surface area contributed by atoms with E-state index in [1.54, 1.807) is 30.7 Å². The molecule has 1 aromatic heterocycles. The lowest BCUT2D eigenvalue weighted by molar-refractivity contribution is -0.139. The first-order chi connectivity index (χ1) is 16.0. The lowest BCUT2D eigenvalue weighted by atomic mass is 9.95. The van der Waals surface area contributed by atoms with Gasteiger partial charge >= 0.3 is 0 Å². The molecule has 1 atom stereocenters. The number of aliphatic hydroxyl groups is 1. The number of carbonyl (C=O) groups excluding carboxylic acids is 2. The van der Waals surface area contributed by atoms with E-state index >= 15 is 0 Å². The Labute approximate surface area is 188 Å². The molecule has 1 unspecified atom stereocenters. The summed E-state index contributed by atoms with van der Waals surface area (Å²) in [6.07, 6.45) is 5.71. The Morgan fingerprint density at radius 3 is 2.64 bits per heavy atom. The molecule has 3 heterocycles. The van der Waals surface area contributed by atoms with Crippen molar-refractivity contribution in [1.29, 1.82) is 0 Å². The standard InChI is InChI=1S/C24H20FN3O5/c25-17-5-2-15(3-6-17)21-20(22(29)16-4-7-18-19(12-16)33-14-32-18)23(30)24(31)28(21)10-1-9-27-11-8-26-13-27/h2-8,11-13,21,29H,1,9-10,14H2/b22-20+. The van der Waals surface area contributed by atoms with Gasteiger partial charge in [0.1, 0.15) is 11.6 Å². The van der Waals surface area contributed by atoms with Crippen molar-refractivity contribution in [2.24, 2.45) is 0 Å². The number of hydrogen-bond acceptors (Lipinski definition) is 6. The minimum absolute atomic E-state index is 0.0481. The van der Waals surface area contributed by atoms with Crippen LogP contribution in [0.1, 0.15) is 23.6 Å². The van der Waals surface area contributed by atoms with Crippen LogP contribution in [0.2, 0.25) is 0 Å². The molecule has 9 heteroatoms. The molecule has 0 bridgehead atoms. The minimum atomic E-state index is -0.848. The number of carbonyl (C=O) groups is 2. The van der Waals surface area contributed by atoms with Crippen molar-refractivity contribution < 1.29 is 28.6 Å². The molecule has 168 valence electrons. The van der Waals surface area contributed by atoms with Crippen LogP contribution in [0, 0.1) is 5.82 Å². The molecular formula is C24H20FN3O5. The van der Waals surface area contributed by atoms with E-state index in [0.717, 1.165) is 0 Å². The van der Waals surface area contributed by atoms with Crippen molar-refractivity contribution >= 4 is 17.4 Å². The summed E-state index contributed by atoms with van der Waals surface area (Å²) in [5.74, 6) is -1.29. The van der Waals surface area contributed by atoms with Crippen molar-refractivity contribution in [3.63, 3.8) is 0 Å². The highest BCUT2D eigenvalue weighted by atomic mass is 19.1. The van der Waals surface area contributed by atoms with Gasteiger partial charge in [-0.3, -0.25) is 9.59 Å². The zero-order chi connectivity index (χ0) is 22.9. The van der Waals surface area contributed by atoms with E-state index in [2.05, 4.69) is 4.98 Å². The fourth-order valence-electron chi connectivity index (χ4n) is 4.14. The van der Waals surface area contributed by atoms with Crippen LogP contribution < -0.4 is 9.47 Å². The molecule has 1 saturated heterocycles. The number of fused-ring (bicyclic) bond motifs is 1. The van der Waals surface area contributed by atoms with Crippen molar-refractivity contribution in [2.75, 3.05) is 13.3 Å². The quantitative estimate of drug-likeness (QED) is 0.353. The van der Waals surface area contributed by atoms with Crippen molar-refractivity contribution in [3.8, 4) is 11.5 Å². The number of imidazole rings is 1. The van der Waals surface area contributed by atoms with Crippen LogP contribution in [-0.4, -0.2) is 44.6 Å². The van der Waals surface area contributed by atoms with Gasteiger partial charge in [0.05, 0.1) is 17.9 Å². The first kappa shape index (κ1) is 20.7. The molecule has 2 aromatic carbocycles. The molecule has 0 spiro atoms. The fraction of sp³-hybridized carbons (Fsp3) is 0.208. The molecule has 3 aromatic rings. The summed E-state index contributed by atoms with van der Waals surface area (Å²) in [7, 11) is 0. The monoisotopic (exact) mass is 449 g/mol. The molecule has 33 heavy (non-hydrogen) atoms. The summed E-state index contributed by atoms with van der Waals surface area (Å²) in [6.45, 7) is 0.931. The molecular weight excluding hydrogens is 429 g/mol. The Balaban J connectivity index is 1.53. The summed E-state index contributed by atoms with van der Waals surface area (Å²) >= 11 is 0. The zero-order valence-electron chi connectivity index (χ0n) is 17.5. The van der Waals surface area contributed by atoms with Crippen LogP contribution >= 0.6 is 0 Å². The van der Waals surface area contributed by atoms with Gasteiger partial charge in [0.25, 0.3) is 11.7 Å². The highest BCUT2D eigenvalue weighted by Crippen LogP contribution is 2.41. The lowest BCUT2D eigenvalue weighted by Gasteiger charge is -2.25. The average Bonchev–Trinajstić information content (AvgIpc) is 3.56. The Bertz CT molecular complexity index is 1240. The van der Waals surface area contributed by atoms with E-state index in [1.165, 1.54) is 29.2 Å². The smallest absolute Gasteiger partial charge is 0.295 e. The predicted molar refractivity (Wildman–Crippen MR) is 115 cm³/mol. The van der Waals surface area contributed by atoms with E-state index < -0.39 is 23.5 Å². The van der Waals surface area contributed by atoms with Gasteiger partial charge in [-0.15, -0.1) is 0 Å². The third-order valence-corrected chi connectivity index (χ3v) is 5.75. The SMILES string of the molecule is O=C1C(=O)N(CCCn2ccnc2)C(c2ccc(F)cc2)/C1=C(\O)c1ccc2c(c1)OCO2. The lowest BCUT2D eigenvalue weighted by Crippen LogP contribution is -2.31. The number of aromatic nitrogens is 2.